The number of methoxy groups -OCH3 is 1. The Morgan fingerprint density at radius 1 is 1.24 bits per heavy atom. The van der Waals surface area contributed by atoms with Crippen LogP contribution in [-0.4, -0.2) is 73.5 Å². The molecule has 4 rings (SSSR count). The molecule has 0 bridgehead atoms. The van der Waals surface area contributed by atoms with Crippen molar-refractivity contribution in [2.45, 2.75) is 16.7 Å². The Hall–Kier alpha value is -3.05. The first-order valence-corrected chi connectivity index (χ1v) is 12.9. The molecule has 1 unspecified atom stereocenters. The molecule has 1 atom stereocenters. The van der Waals surface area contributed by atoms with Gasteiger partial charge in [0.05, 0.1) is 31.1 Å². The molecule has 3 heterocycles. The van der Waals surface area contributed by atoms with Crippen molar-refractivity contribution in [2.75, 3.05) is 34.0 Å². The highest BCUT2D eigenvalue weighted by atomic mass is 32.2. The van der Waals surface area contributed by atoms with Crippen LogP contribution in [0.5, 0.6) is 17.2 Å². The molecule has 2 aromatic heterocycles. The third-order valence-corrected chi connectivity index (χ3v) is 7.28. The highest BCUT2D eigenvalue weighted by Crippen LogP contribution is 2.36. The number of nitrogens with zero attached hydrogens (tertiary/aromatic N) is 3. The standard InChI is InChI=1S/C22H24N4O5S2/c1-26(2)20(27)10-16-12-24-22(32-16)17-8-13-7-15(9-18(30-3)21(13)25-17)31-14-5-6-19(23-11-14)33(4,28)29/h5-9,11,16,25H,10,12H2,1-4H3. The number of H-pyrrole nitrogens is 1. The summed E-state index contributed by atoms with van der Waals surface area (Å²) < 4.78 is 34.6. The zero-order chi connectivity index (χ0) is 23.8. The molecule has 3 aromatic rings. The quantitative estimate of drug-likeness (QED) is 0.543. The number of fused-ring (bicyclic) bond motifs is 1. The van der Waals surface area contributed by atoms with Crippen LogP contribution in [0.1, 0.15) is 12.1 Å². The predicted octanol–water partition coefficient (Wildman–Crippen LogP) is 3.11. The number of aromatic nitrogens is 2. The van der Waals surface area contributed by atoms with E-state index in [-0.39, 0.29) is 16.2 Å². The smallest absolute Gasteiger partial charge is 0.223 e. The molecular formula is C22H24N4O5S2. The van der Waals surface area contributed by atoms with Crippen molar-refractivity contribution in [3.63, 3.8) is 0 Å². The van der Waals surface area contributed by atoms with Crippen molar-refractivity contribution < 1.29 is 22.7 Å². The molecule has 9 nitrogen and oxygen atoms in total. The number of hydrogen-bond acceptors (Lipinski definition) is 8. The number of ether oxygens (including phenoxy) is 2. The number of amides is 1. The molecule has 0 saturated carbocycles. The van der Waals surface area contributed by atoms with Gasteiger partial charge in [-0.2, -0.15) is 0 Å². The average molecular weight is 489 g/mol. The van der Waals surface area contributed by atoms with Gasteiger partial charge in [0, 0.05) is 43.5 Å². The second-order valence-electron chi connectivity index (χ2n) is 7.86. The fourth-order valence-corrected chi connectivity index (χ4v) is 4.99. The van der Waals surface area contributed by atoms with Crippen molar-refractivity contribution in [3.05, 3.63) is 42.2 Å². The van der Waals surface area contributed by atoms with Gasteiger partial charge in [0.2, 0.25) is 5.91 Å². The minimum absolute atomic E-state index is 0.0152. The van der Waals surface area contributed by atoms with Crippen LogP contribution in [0.2, 0.25) is 0 Å². The second kappa shape index (κ2) is 9.06. The maximum Gasteiger partial charge on any atom is 0.223 e. The zero-order valence-corrected chi connectivity index (χ0v) is 20.3. The van der Waals surface area contributed by atoms with E-state index >= 15 is 0 Å². The number of sulfone groups is 1. The Bertz CT molecular complexity index is 1330. The monoisotopic (exact) mass is 488 g/mol. The minimum Gasteiger partial charge on any atom is -0.494 e. The van der Waals surface area contributed by atoms with Crippen LogP contribution in [0.4, 0.5) is 0 Å². The van der Waals surface area contributed by atoms with Crippen molar-refractivity contribution in [1.29, 1.82) is 0 Å². The lowest BCUT2D eigenvalue weighted by molar-refractivity contribution is -0.128. The first-order valence-electron chi connectivity index (χ1n) is 10.1. The normalized spacial score (nSPS) is 16.0. The van der Waals surface area contributed by atoms with E-state index in [9.17, 15) is 13.2 Å². The summed E-state index contributed by atoms with van der Waals surface area (Å²) in [6, 6.07) is 8.53. The molecule has 0 saturated heterocycles. The molecular weight excluding hydrogens is 464 g/mol. The first kappa shape index (κ1) is 23.1. The predicted molar refractivity (Wildman–Crippen MR) is 128 cm³/mol. The summed E-state index contributed by atoms with van der Waals surface area (Å²) in [6.07, 6.45) is 2.92. The number of rotatable bonds is 7. The number of carbonyl (C=O) groups excluding carboxylic acids is 1. The lowest BCUT2D eigenvalue weighted by Crippen LogP contribution is -2.25. The van der Waals surface area contributed by atoms with Gasteiger partial charge >= 0.3 is 0 Å². The SMILES string of the molecule is COc1cc(Oc2ccc(S(C)(=O)=O)nc2)cc2cc(C3=NCC(CC(=O)N(C)C)S3)[nH]c12. The van der Waals surface area contributed by atoms with Gasteiger partial charge in [0.25, 0.3) is 0 Å². The van der Waals surface area contributed by atoms with Gasteiger partial charge in [0.15, 0.2) is 14.9 Å². The van der Waals surface area contributed by atoms with Crippen molar-refractivity contribution in [1.82, 2.24) is 14.9 Å². The van der Waals surface area contributed by atoms with E-state index in [1.165, 1.54) is 12.3 Å². The van der Waals surface area contributed by atoms with E-state index in [0.29, 0.717) is 30.2 Å². The zero-order valence-electron chi connectivity index (χ0n) is 18.7. The Morgan fingerprint density at radius 2 is 2.03 bits per heavy atom. The second-order valence-corrected chi connectivity index (χ2v) is 11.1. The Labute approximate surface area is 196 Å². The Balaban J connectivity index is 1.55. The maximum absolute atomic E-state index is 12.0. The van der Waals surface area contributed by atoms with Gasteiger partial charge in [-0.15, -0.1) is 0 Å². The number of hydrogen-bond donors (Lipinski definition) is 1. The molecule has 1 amide bonds. The lowest BCUT2D eigenvalue weighted by Gasteiger charge is -2.12. The summed E-state index contributed by atoms with van der Waals surface area (Å²) in [5, 5.41) is 1.83. The summed E-state index contributed by atoms with van der Waals surface area (Å²) >= 11 is 1.59. The number of pyridine rings is 1. The third-order valence-electron chi connectivity index (χ3n) is 5.06. The van der Waals surface area contributed by atoms with E-state index in [4.69, 9.17) is 9.47 Å². The Kier molecular flexibility index (Phi) is 6.35. The van der Waals surface area contributed by atoms with Gasteiger partial charge in [-0.3, -0.25) is 9.79 Å². The molecule has 1 N–H and O–H groups in total. The van der Waals surface area contributed by atoms with E-state index in [1.807, 2.05) is 12.1 Å². The fraction of sp³-hybridized carbons (Fsp3) is 0.318. The highest BCUT2D eigenvalue weighted by Gasteiger charge is 2.25. The summed E-state index contributed by atoms with van der Waals surface area (Å²) in [7, 11) is 1.71. The Morgan fingerprint density at radius 3 is 2.67 bits per heavy atom. The van der Waals surface area contributed by atoms with Gasteiger partial charge < -0.3 is 19.4 Å². The van der Waals surface area contributed by atoms with Crippen LogP contribution in [0, 0.1) is 0 Å². The van der Waals surface area contributed by atoms with Crippen LogP contribution in [-0.2, 0) is 14.6 Å². The molecule has 0 aliphatic carbocycles. The summed E-state index contributed by atoms with van der Waals surface area (Å²) in [5.74, 6) is 1.61. The molecule has 174 valence electrons. The van der Waals surface area contributed by atoms with Crippen molar-refractivity contribution in [2.24, 2.45) is 4.99 Å². The van der Waals surface area contributed by atoms with Crippen LogP contribution < -0.4 is 9.47 Å². The van der Waals surface area contributed by atoms with Crippen LogP contribution in [0.3, 0.4) is 0 Å². The number of aromatic amines is 1. The van der Waals surface area contributed by atoms with Gasteiger partial charge in [-0.25, -0.2) is 13.4 Å². The largest absolute Gasteiger partial charge is 0.494 e. The lowest BCUT2D eigenvalue weighted by atomic mass is 10.2. The van der Waals surface area contributed by atoms with Crippen molar-refractivity contribution >= 4 is 43.5 Å². The first-order chi connectivity index (χ1) is 15.6. The molecule has 0 spiro atoms. The molecule has 1 aliphatic rings. The van der Waals surface area contributed by atoms with Crippen LogP contribution >= 0.6 is 11.8 Å². The van der Waals surface area contributed by atoms with Crippen LogP contribution in [0.15, 0.2) is 46.5 Å². The summed E-state index contributed by atoms with van der Waals surface area (Å²) in [5.41, 5.74) is 1.66. The number of aliphatic imine (C=N–C) groups is 1. The summed E-state index contributed by atoms with van der Waals surface area (Å²) in [6.45, 7) is 0.594. The number of thioether (sulfide) groups is 1. The molecule has 1 aromatic carbocycles. The minimum atomic E-state index is -3.38. The molecule has 0 fully saturated rings. The molecule has 33 heavy (non-hydrogen) atoms. The maximum atomic E-state index is 12.0. The molecule has 1 aliphatic heterocycles. The fourth-order valence-electron chi connectivity index (χ4n) is 3.35. The molecule has 11 heteroatoms. The topological polar surface area (TPSA) is 114 Å². The van der Waals surface area contributed by atoms with Gasteiger partial charge in [-0.1, -0.05) is 11.8 Å². The third kappa shape index (κ3) is 5.14. The van der Waals surface area contributed by atoms with E-state index < -0.39 is 9.84 Å². The van der Waals surface area contributed by atoms with E-state index in [0.717, 1.165) is 27.9 Å². The van der Waals surface area contributed by atoms with Crippen molar-refractivity contribution in [3.8, 4) is 17.2 Å². The number of nitrogens with one attached hydrogen (secondary N) is 1. The van der Waals surface area contributed by atoms with E-state index in [2.05, 4.69) is 15.0 Å². The molecule has 0 radical (unpaired) electrons. The number of benzene rings is 1. The average Bonchev–Trinajstić information content (AvgIpc) is 3.39. The summed E-state index contributed by atoms with van der Waals surface area (Å²) in [4.78, 5) is 25.5. The highest BCUT2D eigenvalue weighted by molar-refractivity contribution is 8.15. The van der Waals surface area contributed by atoms with Gasteiger partial charge in [-0.05, 0) is 24.3 Å². The van der Waals surface area contributed by atoms with Gasteiger partial charge in [0.1, 0.15) is 22.3 Å². The number of carbonyl (C=O) groups is 1. The van der Waals surface area contributed by atoms with E-state index in [1.54, 1.807) is 50.0 Å². The van der Waals surface area contributed by atoms with Crippen LogP contribution in [0.25, 0.3) is 10.9 Å².